The van der Waals surface area contributed by atoms with E-state index in [1.165, 1.54) is 0 Å². The third-order valence-electron chi connectivity index (χ3n) is 2.84. The zero-order valence-corrected chi connectivity index (χ0v) is 10.6. The van der Waals surface area contributed by atoms with Gasteiger partial charge in [-0.2, -0.15) is 0 Å². The summed E-state index contributed by atoms with van der Waals surface area (Å²) in [6.07, 6.45) is 0. The lowest BCUT2D eigenvalue weighted by molar-refractivity contribution is -0.371. The molecule has 0 atom stereocenters. The molecule has 0 radical (unpaired) electrons. The van der Waals surface area contributed by atoms with Crippen LogP contribution in [0.4, 0.5) is 5.69 Å². The van der Waals surface area contributed by atoms with Gasteiger partial charge in [0.25, 0.3) is 0 Å². The molecule has 0 aliphatic heterocycles. The van der Waals surface area contributed by atoms with Gasteiger partial charge in [0.1, 0.15) is 0 Å². The van der Waals surface area contributed by atoms with Crippen molar-refractivity contribution in [3.8, 4) is 0 Å². The smallest absolute Gasteiger partial charge is 0.223 e. The Morgan fingerprint density at radius 2 is 1.44 bits per heavy atom. The molecular formula is C15H16N2O. The molecule has 0 saturated heterocycles. The van der Waals surface area contributed by atoms with Gasteiger partial charge in [-0.05, 0) is 36.4 Å². The fourth-order valence-electron chi connectivity index (χ4n) is 1.82. The highest BCUT2D eigenvalue weighted by atomic mass is 16.4. The second-order valence-corrected chi connectivity index (χ2v) is 4.28. The summed E-state index contributed by atoms with van der Waals surface area (Å²) in [6.45, 7) is 0. The minimum absolute atomic E-state index is 0.598. The van der Waals surface area contributed by atoms with Gasteiger partial charge in [0, 0.05) is 30.9 Å². The lowest BCUT2D eigenvalue weighted by atomic mass is 10.0. The molecule has 0 fully saturated rings. The minimum Gasteiger partial charge on any atom is -0.625 e. The van der Waals surface area contributed by atoms with E-state index in [2.05, 4.69) is 0 Å². The molecule has 0 amide bonds. The maximum absolute atomic E-state index is 11.2. The highest BCUT2D eigenvalue weighted by Gasteiger charge is 2.11. The molecule has 2 aromatic carbocycles. The largest absolute Gasteiger partial charge is 0.625 e. The van der Waals surface area contributed by atoms with Crippen molar-refractivity contribution < 1.29 is 5.16 Å². The Labute approximate surface area is 107 Å². The third kappa shape index (κ3) is 2.51. The molecule has 18 heavy (non-hydrogen) atoms. The molecule has 92 valence electrons. The maximum Gasteiger partial charge on any atom is 0.223 e. The summed E-state index contributed by atoms with van der Waals surface area (Å²) in [4.78, 5) is 2.02. The molecule has 0 bridgehead atoms. The second-order valence-electron chi connectivity index (χ2n) is 4.28. The molecule has 0 aliphatic carbocycles. The quantitative estimate of drug-likeness (QED) is 0.497. The lowest BCUT2D eigenvalue weighted by Crippen LogP contribution is -2.66. The van der Waals surface area contributed by atoms with Crippen LogP contribution >= 0.6 is 0 Å². The highest BCUT2D eigenvalue weighted by molar-refractivity contribution is 6.09. The Hall–Kier alpha value is -2.29. The molecule has 0 spiro atoms. The summed E-state index contributed by atoms with van der Waals surface area (Å²) >= 11 is 0. The lowest BCUT2D eigenvalue weighted by Gasteiger charge is -2.12. The minimum atomic E-state index is 0.598. The van der Waals surface area contributed by atoms with Gasteiger partial charge in [-0.1, -0.05) is 18.2 Å². The molecule has 1 N–H and O–H groups in total. The molecule has 3 heteroatoms. The predicted octanol–water partition coefficient (Wildman–Crippen LogP) is 1.17. The molecule has 0 saturated carbocycles. The van der Waals surface area contributed by atoms with Crippen LogP contribution in [0.25, 0.3) is 0 Å². The second kappa shape index (κ2) is 5.36. The van der Waals surface area contributed by atoms with Gasteiger partial charge in [0.2, 0.25) is 5.71 Å². The Bertz CT molecular complexity index is 530. The Balaban J connectivity index is 2.35. The SMILES string of the molecule is CN(C)c1ccc(C(=[NH+][O-])c2ccccc2)cc1. The fraction of sp³-hybridized carbons (Fsp3) is 0.133. The molecular weight excluding hydrogens is 224 g/mol. The Morgan fingerprint density at radius 3 is 1.94 bits per heavy atom. The topological polar surface area (TPSA) is 40.3 Å². The zero-order chi connectivity index (χ0) is 13.0. The third-order valence-corrected chi connectivity index (χ3v) is 2.84. The predicted molar refractivity (Wildman–Crippen MR) is 74.8 cm³/mol. The van der Waals surface area contributed by atoms with Crippen LogP contribution in [0.15, 0.2) is 54.6 Å². The van der Waals surface area contributed by atoms with Crippen molar-refractivity contribution in [3.05, 3.63) is 70.9 Å². The van der Waals surface area contributed by atoms with Crippen LogP contribution in [0.5, 0.6) is 0 Å². The molecule has 2 rings (SSSR count). The number of benzene rings is 2. The van der Waals surface area contributed by atoms with Crippen LogP contribution in [-0.2, 0) is 0 Å². The Morgan fingerprint density at radius 1 is 0.889 bits per heavy atom. The molecule has 0 heterocycles. The van der Waals surface area contributed by atoms with Crippen LogP contribution in [-0.4, -0.2) is 19.8 Å². The average molecular weight is 240 g/mol. The van der Waals surface area contributed by atoms with E-state index in [0.717, 1.165) is 16.8 Å². The van der Waals surface area contributed by atoms with E-state index in [1.54, 1.807) is 0 Å². The number of nitrogens with zero attached hydrogens (tertiary/aromatic N) is 1. The molecule has 0 aliphatic rings. The van der Waals surface area contributed by atoms with Crippen molar-refractivity contribution in [2.75, 3.05) is 19.0 Å². The monoisotopic (exact) mass is 240 g/mol. The van der Waals surface area contributed by atoms with Gasteiger partial charge < -0.3 is 10.1 Å². The van der Waals surface area contributed by atoms with Gasteiger partial charge in [0.15, 0.2) is 0 Å². The van der Waals surface area contributed by atoms with E-state index in [0.29, 0.717) is 5.71 Å². The van der Waals surface area contributed by atoms with Crippen molar-refractivity contribution in [1.29, 1.82) is 0 Å². The first-order valence-corrected chi connectivity index (χ1v) is 5.80. The van der Waals surface area contributed by atoms with E-state index in [1.807, 2.05) is 78.7 Å². The molecule has 3 nitrogen and oxygen atoms in total. The van der Waals surface area contributed by atoms with Gasteiger partial charge >= 0.3 is 0 Å². The van der Waals surface area contributed by atoms with Crippen LogP contribution in [0.1, 0.15) is 11.1 Å². The van der Waals surface area contributed by atoms with Crippen molar-refractivity contribution in [2.45, 2.75) is 0 Å². The molecule has 0 aromatic heterocycles. The van der Waals surface area contributed by atoms with E-state index in [9.17, 15) is 5.21 Å². The van der Waals surface area contributed by atoms with E-state index < -0.39 is 0 Å². The van der Waals surface area contributed by atoms with E-state index in [-0.39, 0.29) is 0 Å². The van der Waals surface area contributed by atoms with Crippen LogP contribution in [0.2, 0.25) is 0 Å². The van der Waals surface area contributed by atoms with Crippen LogP contribution < -0.4 is 10.1 Å². The van der Waals surface area contributed by atoms with E-state index >= 15 is 0 Å². The van der Waals surface area contributed by atoms with Crippen molar-refractivity contribution in [3.63, 3.8) is 0 Å². The highest BCUT2D eigenvalue weighted by Crippen LogP contribution is 2.14. The van der Waals surface area contributed by atoms with Crippen molar-refractivity contribution in [1.82, 2.24) is 0 Å². The number of anilines is 1. The number of rotatable bonds is 3. The summed E-state index contributed by atoms with van der Waals surface area (Å²) in [7, 11) is 3.98. The van der Waals surface area contributed by atoms with E-state index in [4.69, 9.17) is 0 Å². The molecule has 2 aromatic rings. The zero-order valence-electron chi connectivity index (χ0n) is 10.6. The first-order chi connectivity index (χ1) is 8.72. The fourth-order valence-corrected chi connectivity index (χ4v) is 1.82. The van der Waals surface area contributed by atoms with Gasteiger partial charge in [-0.15, -0.1) is 0 Å². The number of hydrogen-bond donors (Lipinski definition) is 1. The van der Waals surface area contributed by atoms with Crippen molar-refractivity contribution >= 4 is 11.4 Å². The normalized spacial score (nSPS) is 11.3. The van der Waals surface area contributed by atoms with Gasteiger partial charge in [0.05, 0.1) is 0 Å². The summed E-state index contributed by atoms with van der Waals surface area (Å²) in [6, 6.07) is 17.5. The molecule has 0 unspecified atom stereocenters. The average Bonchev–Trinajstić information content (AvgIpc) is 2.41. The first-order valence-electron chi connectivity index (χ1n) is 5.80. The van der Waals surface area contributed by atoms with Crippen molar-refractivity contribution in [2.24, 2.45) is 0 Å². The first kappa shape index (κ1) is 12.2. The van der Waals surface area contributed by atoms with Crippen LogP contribution in [0.3, 0.4) is 0 Å². The summed E-state index contributed by atoms with van der Waals surface area (Å²) < 4.78 is 0. The summed E-state index contributed by atoms with van der Waals surface area (Å²) in [5, 5.41) is 13.2. The summed E-state index contributed by atoms with van der Waals surface area (Å²) in [5.74, 6) is 0. The van der Waals surface area contributed by atoms with Gasteiger partial charge in [-0.3, -0.25) is 0 Å². The Kier molecular flexibility index (Phi) is 3.63. The number of hydrogen-bond acceptors (Lipinski definition) is 2. The van der Waals surface area contributed by atoms with Gasteiger partial charge in [-0.25, -0.2) is 5.16 Å². The summed E-state index contributed by atoms with van der Waals surface area (Å²) in [5.41, 5.74) is 3.49. The standard InChI is InChI=1S/C15H16N2O/c1-17(2)14-10-8-13(9-11-14)15(16-18)12-6-4-3-5-7-12/h3-11,16H,1-2H3. The number of nitrogens with one attached hydrogen (secondary N) is 1. The maximum atomic E-state index is 11.2. The van der Waals surface area contributed by atoms with Crippen LogP contribution in [0, 0.1) is 5.21 Å².